The van der Waals surface area contributed by atoms with Gasteiger partial charge in [0.15, 0.2) is 0 Å². The standard InChI is InChI=1S/C12H16F2N2O/c1-3-4-8(2)15-12(17)16-11-6-9(13)5-10(14)7-11/h5-8H,3-4H2,1-2H3,(H2,15,16,17)/t8-/m1/s1. The number of rotatable bonds is 4. The van der Waals surface area contributed by atoms with Gasteiger partial charge in [0.2, 0.25) is 0 Å². The van der Waals surface area contributed by atoms with Gasteiger partial charge in [0.05, 0.1) is 0 Å². The van der Waals surface area contributed by atoms with Crippen molar-refractivity contribution in [3.05, 3.63) is 29.8 Å². The van der Waals surface area contributed by atoms with Crippen LogP contribution in [0.1, 0.15) is 26.7 Å². The summed E-state index contributed by atoms with van der Waals surface area (Å²) in [6.07, 6.45) is 1.81. The lowest BCUT2D eigenvalue weighted by Gasteiger charge is -2.13. The second-order valence-electron chi connectivity index (χ2n) is 3.95. The van der Waals surface area contributed by atoms with E-state index in [1.807, 2.05) is 13.8 Å². The molecule has 0 radical (unpaired) electrons. The number of nitrogens with one attached hydrogen (secondary N) is 2. The topological polar surface area (TPSA) is 41.1 Å². The van der Waals surface area contributed by atoms with Gasteiger partial charge in [-0.3, -0.25) is 0 Å². The van der Waals surface area contributed by atoms with Gasteiger partial charge in [-0.2, -0.15) is 0 Å². The molecule has 0 saturated heterocycles. The van der Waals surface area contributed by atoms with Gasteiger partial charge in [0.25, 0.3) is 0 Å². The van der Waals surface area contributed by atoms with Crippen LogP contribution in [0, 0.1) is 11.6 Å². The SMILES string of the molecule is CCC[C@@H](C)NC(=O)Nc1cc(F)cc(F)c1. The van der Waals surface area contributed by atoms with Crippen LogP contribution in [0.4, 0.5) is 19.3 Å². The van der Waals surface area contributed by atoms with E-state index in [-0.39, 0.29) is 11.7 Å². The largest absolute Gasteiger partial charge is 0.335 e. The van der Waals surface area contributed by atoms with E-state index < -0.39 is 17.7 Å². The minimum atomic E-state index is -0.720. The summed E-state index contributed by atoms with van der Waals surface area (Å²) in [4.78, 5) is 11.5. The molecule has 0 saturated carbocycles. The molecule has 17 heavy (non-hydrogen) atoms. The van der Waals surface area contributed by atoms with Crippen LogP contribution in [-0.2, 0) is 0 Å². The molecule has 0 fully saturated rings. The smallest absolute Gasteiger partial charge is 0.319 e. The van der Waals surface area contributed by atoms with E-state index in [0.717, 1.165) is 31.0 Å². The number of benzene rings is 1. The Bertz CT molecular complexity index is 376. The van der Waals surface area contributed by atoms with Crippen molar-refractivity contribution in [3.63, 3.8) is 0 Å². The molecule has 0 bridgehead atoms. The number of carbonyl (C=O) groups excluding carboxylic acids is 1. The van der Waals surface area contributed by atoms with Crippen molar-refractivity contribution in [3.8, 4) is 0 Å². The van der Waals surface area contributed by atoms with E-state index in [1.54, 1.807) is 0 Å². The van der Waals surface area contributed by atoms with Crippen molar-refractivity contribution in [1.29, 1.82) is 0 Å². The third kappa shape index (κ3) is 4.80. The van der Waals surface area contributed by atoms with Gasteiger partial charge in [-0.1, -0.05) is 13.3 Å². The van der Waals surface area contributed by atoms with E-state index in [1.165, 1.54) is 0 Å². The molecule has 3 nitrogen and oxygen atoms in total. The van der Waals surface area contributed by atoms with Crippen molar-refractivity contribution in [1.82, 2.24) is 5.32 Å². The number of halogens is 2. The minimum absolute atomic E-state index is 0.0263. The fourth-order valence-electron chi connectivity index (χ4n) is 1.52. The quantitative estimate of drug-likeness (QED) is 0.835. The van der Waals surface area contributed by atoms with Crippen molar-refractivity contribution in [2.75, 3.05) is 5.32 Å². The predicted molar refractivity (Wildman–Crippen MR) is 62.9 cm³/mol. The molecule has 0 unspecified atom stereocenters. The van der Waals surface area contributed by atoms with Gasteiger partial charge < -0.3 is 10.6 Å². The fourth-order valence-corrected chi connectivity index (χ4v) is 1.52. The van der Waals surface area contributed by atoms with Crippen LogP contribution in [0.25, 0.3) is 0 Å². The highest BCUT2D eigenvalue weighted by Gasteiger charge is 2.07. The Hall–Kier alpha value is -1.65. The first-order valence-corrected chi connectivity index (χ1v) is 5.55. The van der Waals surface area contributed by atoms with E-state index >= 15 is 0 Å². The first-order valence-electron chi connectivity index (χ1n) is 5.55. The van der Waals surface area contributed by atoms with E-state index in [9.17, 15) is 13.6 Å². The summed E-state index contributed by atoms with van der Waals surface area (Å²) < 4.78 is 25.7. The minimum Gasteiger partial charge on any atom is -0.335 e. The second kappa shape index (κ2) is 6.18. The lowest BCUT2D eigenvalue weighted by molar-refractivity contribution is 0.248. The third-order valence-corrected chi connectivity index (χ3v) is 2.22. The molecule has 0 aromatic heterocycles. The highest BCUT2D eigenvalue weighted by atomic mass is 19.1. The average Bonchev–Trinajstić information content (AvgIpc) is 2.14. The molecule has 0 spiro atoms. The maximum absolute atomic E-state index is 12.8. The maximum Gasteiger partial charge on any atom is 0.319 e. The van der Waals surface area contributed by atoms with Crippen molar-refractivity contribution < 1.29 is 13.6 Å². The van der Waals surface area contributed by atoms with Crippen LogP contribution < -0.4 is 10.6 Å². The average molecular weight is 242 g/mol. The monoisotopic (exact) mass is 242 g/mol. The lowest BCUT2D eigenvalue weighted by atomic mass is 10.2. The van der Waals surface area contributed by atoms with Crippen molar-refractivity contribution >= 4 is 11.7 Å². The molecule has 5 heteroatoms. The Morgan fingerprint density at radius 1 is 1.29 bits per heavy atom. The summed E-state index contributed by atoms with van der Waals surface area (Å²) in [5.41, 5.74) is 0.101. The number of carbonyl (C=O) groups is 1. The number of amides is 2. The van der Waals surface area contributed by atoms with Gasteiger partial charge in [0, 0.05) is 17.8 Å². The molecule has 2 amide bonds. The normalized spacial score (nSPS) is 12.0. The van der Waals surface area contributed by atoms with Crippen LogP contribution in [0.3, 0.4) is 0 Å². The van der Waals surface area contributed by atoms with Gasteiger partial charge in [0.1, 0.15) is 11.6 Å². The van der Waals surface area contributed by atoms with Crippen LogP contribution in [0.2, 0.25) is 0 Å². The van der Waals surface area contributed by atoms with E-state index in [4.69, 9.17) is 0 Å². The van der Waals surface area contributed by atoms with Gasteiger partial charge in [-0.25, -0.2) is 13.6 Å². The van der Waals surface area contributed by atoms with Gasteiger partial charge in [-0.05, 0) is 25.5 Å². The Morgan fingerprint density at radius 3 is 2.41 bits per heavy atom. The van der Waals surface area contributed by atoms with Gasteiger partial charge >= 0.3 is 6.03 Å². The molecule has 1 aromatic rings. The van der Waals surface area contributed by atoms with Crippen LogP contribution >= 0.6 is 0 Å². The van der Waals surface area contributed by atoms with Crippen molar-refractivity contribution in [2.24, 2.45) is 0 Å². The zero-order valence-corrected chi connectivity index (χ0v) is 9.89. The third-order valence-electron chi connectivity index (χ3n) is 2.22. The summed E-state index contributed by atoms with van der Waals surface area (Å²) in [7, 11) is 0. The summed E-state index contributed by atoms with van der Waals surface area (Å²) in [6, 6.07) is 2.44. The Morgan fingerprint density at radius 2 is 1.88 bits per heavy atom. The molecule has 1 atom stereocenters. The molecular weight excluding hydrogens is 226 g/mol. The van der Waals surface area contributed by atoms with E-state index in [0.29, 0.717) is 0 Å². The second-order valence-corrected chi connectivity index (χ2v) is 3.95. The number of urea groups is 1. The first-order chi connectivity index (χ1) is 8.01. The van der Waals surface area contributed by atoms with Crippen LogP contribution in [0.5, 0.6) is 0 Å². The first kappa shape index (κ1) is 13.4. The Balaban J connectivity index is 2.56. The highest BCUT2D eigenvalue weighted by molar-refractivity contribution is 5.89. The van der Waals surface area contributed by atoms with Crippen LogP contribution in [0.15, 0.2) is 18.2 Å². The highest BCUT2D eigenvalue weighted by Crippen LogP contribution is 2.12. The molecule has 0 heterocycles. The fraction of sp³-hybridized carbons (Fsp3) is 0.417. The molecule has 2 N–H and O–H groups in total. The summed E-state index contributed by atoms with van der Waals surface area (Å²) in [5, 5.41) is 5.06. The van der Waals surface area contributed by atoms with E-state index in [2.05, 4.69) is 10.6 Å². The molecule has 0 aliphatic heterocycles. The Kier molecular flexibility index (Phi) is 4.87. The number of anilines is 1. The molecule has 94 valence electrons. The molecule has 0 aliphatic rings. The van der Waals surface area contributed by atoms with Crippen LogP contribution in [-0.4, -0.2) is 12.1 Å². The van der Waals surface area contributed by atoms with Gasteiger partial charge in [-0.15, -0.1) is 0 Å². The molecule has 1 rings (SSSR count). The summed E-state index contributed by atoms with van der Waals surface area (Å²) in [6.45, 7) is 3.88. The molecule has 1 aromatic carbocycles. The zero-order chi connectivity index (χ0) is 12.8. The summed E-state index contributed by atoms with van der Waals surface area (Å²) >= 11 is 0. The Labute approximate surface area is 99.2 Å². The summed E-state index contributed by atoms with van der Waals surface area (Å²) in [5.74, 6) is -1.44. The molecular formula is C12H16F2N2O. The number of hydrogen-bond acceptors (Lipinski definition) is 1. The number of hydrogen-bond donors (Lipinski definition) is 2. The van der Waals surface area contributed by atoms with Crippen molar-refractivity contribution in [2.45, 2.75) is 32.7 Å². The zero-order valence-electron chi connectivity index (χ0n) is 9.89. The maximum atomic E-state index is 12.8. The predicted octanol–water partition coefficient (Wildman–Crippen LogP) is 3.27. The molecule has 0 aliphatic carbocycles. The lowest BCUT2D eigenvalue weighted by Crippen LogP contribution is -2.35.